The molecular formula is C23H25N3O3S2. The van der Waals surface area contributed by atoms with Crippen molar-refractivity contribution in [2.24, 2.45) is 0 Å². The van der Waals surface area contributed by atoms with Crippen LogP contribution in [0.25, 0.3) is 11.3 Å². The first-order valence-corrected chi connectivity index (χ1v) is 12.9. The number of fused-ring (bicyclic) bond motifs is 1. The summed E-state index contributed by atoms with van der Waals surface area (Å²) in [5.74, 6) is -0.251. The smallest absolute Gasteiger partial charge is 0.257 e. The summed E-state index contributed by atoms with van der Waals surface area (Å²) in [7, 11) is -3.31. The maximum absolute atomic E-state index is 12.8. The van der Waals surface area contributed by atoms with Crippen LogP contribution in [0.5, 0.6) is 0 Å². The fraction of sp³-hybridized carbons (Fsp3) is 0.304. The molecule has 8 heteroatoms. The van der Waals surface area contributed by atoms with Crippen LogP contribution in [-0.2, 0) is 22.9 Å². The van der Waals surface area contributed by atoms with E-state index in [-0.39, 0.29) is 5.91 Å². The molecule has 0 fully saturated rings. The lowest BCUT2D eigenvalue weighted by molar-refractivity contribution is 0.102. The Balaban J connectivity index is 1.52. The maximum atomic E-state index is 12.8. The highest BCUT2D eigenvalue weighted by Gasteiger charge is 2.27. The topological polar surface area (TPSA) is 79.4 Å². The van der Waals surface area contributed by atoms with E-state index in [1.165, 1.54) is 27.5 Å². The number of aryl methyl sites for hydroxylation is 2. The summed E-state index contributed by atoms with van der Waals surface area (Å²) in [6.45, 7) is 4.57. The van der Waals surface area contributed by atoms with Gasteiger partial charge in [0.15, 0.2) is 5.13 Å². The van der Waals surface area contributed by atoms with Gasteiger partial charge in [0.05, 0.1) is 17.6 Å². The first-order valence-electron chi connectivity index (χ1n) is 10.2. The number of sulfonamides is 1. The third-order valence-corrected chi connectivity index (χ3v) is 7.44. The lowest BCUT2D eigenvalue weighted by Crippen LogP contribution is -2.27. The van der Waals surface area contributed by atoms with E-state index in [9.17, 15) is 13.2 Å². The standard InChI is InChI=1S/C23H25N3O3S2/c1-4-5-16-6-8-17(9-7-16)21-15(2)30-23(24-21)25-22(27)19-10-11-20-18(14-19)12-13-26(20)31(3,28)29/h6-11,14H,4-5,12-13H2,1-3H3,(H,24,25,27). The van der Waals surface area contributed by atoms with E-state index >= 15 is 0 Å². The summed E-state index contributed by atoms with van der Waals surface area (Å²) in [5, 5.41) is 3.44. The number of rotatable bonds is 6. The van der Waals surface area contributed by atoms with Crippen molar-refractivity contribution in [2.75, 3.05) is 22.4 Å². The predicted molar refractivity (Wildman–Crippen MR) is 127 cm³/mol. The number of anilines is 2. The molecule has 0 unspecified atom stereocenters. The van der Waals surface area contributed by atoms with Crippen LogP contribution in [0.1, 0.15) is 39.7 Å². The molecule has 1 amide bonds. The number of nitrogens with one attached hydrogen (secondary N) is 1. The van der Waals surface area contributed by atoms with Crippen molar-refractivity contribution < 1.29 is 13.2 Å². The number of benzene rings is 2. The molecule has 0 aliphatic carbocycles. The summed E-state index contributed by atoms with van der Waals surface area (Å²) in [6, 6.07) is 13.5. The average Bonchev–Trinajstić information content (AvgIpc) is 3.31. The molecular weight excluding hydrogens is 430 g/mol. The van der Waals surface area contributed by atoms with Crippen LogP contribution in [0, 0.1) is 6.92 Å². The molecule has 0 bridgehead atoms. The Bertz CT molecular complexity index is 1230. The van der Waals surface area contributed by atoms with Crippen LogP contribution >= 0.6 is 11.3 Å². The fourth-order valence-electron chi connectivity index (χ4n) is 3.86. The summed E-state index contributed by atoms with van der Waals surface area (Å²) in [6.07, 6.45) is 3.96. The number of aromatic nitrogens is 1. The Morgan fingerprint density at radius 3 is 2.61 bits per heavy atom. The minimum absolute atomic E-state index is 0.251. The van der Waals surface area contributed by atoms with E-state index in [1.54, 1.807) is 18.2 Å². The van der Waals surface area contributed by atoms with Crippen LogP contribution in [0.15, 0.2) is 42.5 Å². The van der Waals surface area contributed by atoms with Crippen molar-refractivity contribution >= 4 is 38.1 Å². The second-order valence-corrected chi connectivity index (χ2v) is 10.9. The van der Waals surface area contributed by atoms with Crippen molar-refractivity contribution in [2.45, 2.75) is 33.1 Å². The average molecular weight is 456 g/mol. The van der Waals surface area contributed by atoms with Gasteiger partial charge in [0, 0.05) is 22.5 Å². The van der Waals surface area contributed by atoms with Crippen LogP contribution < -0.4 is 9.62 Å². The third-order valence-electron chi connectivity index (χ3n) is 5.38. The molecule has 1 aliphatic rings. The molecule has 162 valence electrons. The van der Waals surface area contributed by atoms with E-state index in [0.29, 0.717) is 29.3 Å². The van der Waals surface area contributed by atoms with Crippen LogP contribution in [0.2, 0.25) is 0 Å². The largest absolute Gasteiger partial charge is 0.298 e. The normalized spacial score (nSPS) is 13.3. The summed E-state index contributed by atoms with van der Waals surface area (Å²) < 4.78 is 25.2. The SMILES string of the molecule is CCCc1ccc(-c2nc(NC(=O)c3ccc4c(c3)CCN4S(C)(=O)=O)sc2C)cc1. The van der Waals surface area contributed by atoms with Crippen molar-refractivity contribution in [3.63, 3.8) is 0 Å². The van der Waals surface area contributed by atoms with Gasteiger partial charge in [-0.05, 0) is 49.1 Å². The Morgan fingerprint density at radius 2 is 1.94 bits per heavy atom. The quantitative estimate of drug-likeness (QED) is 0.587. The van der Waals surface area contributed by atoms with Gasteiger partial charge >= 0.3 is 0 Å². The van der Waals surface area contributed by atoms with Crippen molar-refractivity contribution in [1.29, 1.82) is 0 Å². The van der Waals surface area contributed by atoms with Gasteiger partial charge in [0.1, 0.15) is 0 Å². The minimum Gasteiger partial charge on any atom is -0.298 e. The monoisotopic (exact) mass is 455 g/mol. The molecule has 31 heavy (non-hydrogen) atoms. The predicted octanol–water partition coefficient (Wildman–Crippen LogP) is 4.65. The number of hydrogen-bond donors (Lipinski definition) is 1. The van der Waals surface area contributed by atoms with Crippen LogP contribution in [-0.4, -0.2) is 32.1 Å². The Hall–Kier alpha value is -2.71. The Labute approximate surface area is 187 Å². The molecule has 2 aromatic carbocycles. The molecule has 1 N–H and O–H groups in total. The number of thiazole rings is 1. The van der Waals surface area contributed by atoms with Crippen LogP contribution in [0.4, 0.5) is 10.8 Å². The second-order valence-electron chi connectivity index (χ2n) is 7.75. The zero-order chi connectivity index (χ0) is 22.2. The number of carbonyl (C=O) groups is 1. The highest BCUT2D eigenvalue weighted by Crippen LogP contribution is 2.33. The Kier molecular flexibility index (Phi) is 5.85. The molecule has 6 nitrogen and oxygen atoms in total. The van der Waals surface area contributed by atoms with E-state index in [1.807, 2.05) is 6.92 Å². The third kappa shape index (κ3) is 4.50. The Morgan fingerprint density at radius 1 is 1.19 bits per heavy atom. The van der Waals surface area contributed by atoms with Gasteiger partial charge in [-0.1, -0.05) is 37.6 Å². The molecule has 0 atom stereocenters. The molecule has 0 saturated carbocycles. The van der Waals surface area contributed by atoms with Gasteiger partial charge in [-0.25, -0.2) is 13.4 Å². The van der Waals surface area contributed by atoms with E-state index in [0.717, 1.165) is 34.5 Å². The van der Waals surface area contributed by atoms with E-state index in [2.05, 4.69) is 41.5 Å². The zero-order valence-electron chi connectivity index (χ0n) is 17.8. The number of amides is 1. The van der Waals surface area contributed by atoms with Gasteiger partial charge in [-0.15, -0.1) is 11.3 Å². The van der Waals surface area contributed by atoms with Crippen molar-refractivity contribution in [3.05, 3.63) is 64.0 Å². The summed E-state index contributed by atoms with van der Waals surface area (Å²) >= 11 is 1.45. The molecule has 0 radical (unpaired) electrons. The molecule has 0 saturated heterocycles. The van der Waals surface area contributed by atoms with Gasteiger partial charge in [0.25, 0.3) is 5.91 Å². The number of carbonyl (C=O) groups excluding carboxylic acids is 1. The first kappa shape index (κ1) is 21.5. The molecule has 3 aromatic rings. The number of hydrogen-bond acceptors (Lipinski definition) is 5. The molecule has 0 spiro atoms. The number of nitrogens with zero attached hydrogens (tertiary/aromatic N) is 2. The van der Waals surface area contributed by atoms with Gasteiger partial charge in [-0.2, -0.15) is 0 Å². The highest BCUT2D eigenvalue weighted by atomic mass is 32.2. The van der Waals surface area contributed by atoms with Gasteiger partial charge in [0.2, 0.25) is 10.0 Å². The zero-order valence-corrected chi connectivity index (χ0v) is 19.4. The molecule has 2 heterocycles. The van der Waals surface area contributed by atoms with Crippen LogP contribution in [0.3, 0.4) is 0 Å². The van der Waals surface area contributed by atoms with Crippen molar-refractivity contribution in [3.8, 4) is 11.3 Å². The molecule has 4 rings (SSSR count). The van der Waals surface area contributed by atoms with E-state index in [4.69, 9.17) is 0 Å². The lowest BCUT2D eigenvalue weighted by atomic mass is 10.1. The second kappa shape index (κ2) is 8.43. The summed E-state index contributed by atoms with van der Waals surface area (Å²) in [5.41, 5.74) is 5.22. The minimum atomic E-state index is -3.31. The molecule has 1 aliphatic heterocycles. The molecule has 1 aromatic heterocycles. The summed E-state index contributed by atoms with van der Waals surface area (Å²) in [4.78, 5) is 18.5. The highest BCUT2D eigenvalue weighted by molar-refractivity contribution is 7.92. The van der Waals surface area contributed by atoms with Gasteiger partial charge in [-0.3, -0.25) is 14.4 Å². The first-order chi connectivity index (χ1) is 14.8. The maximum Gasteiger partial charge on any atom is 0.257 e. The van der Waals surface area contributed by atoms with Crippen molar-refractivity contribution in [1.82, 2.24) is 4.98 Å². The van der Waals surface area contributed by atoms with Gasteiger partial charge < -0.3 is 0 Å². The van der Waals surface area contributed by atoms with E-state index < -0.39 is 10.0 Å². The fourth-order valence-corrected chi connectivity index (χ4v) is 5.65. The lowest BCUT2D eigenvalue weighted by Gasteiger charge is -2.16.